The zero-order valence-electron chi connectivity index (χ0n) is 10.3. The third kappa shape index (κ3) is 1.73. The van der Waals surface area contributed by atoms with E-state index in [1.54, 1.807) is 44.9 Å². The van der Waals surface area contributed by atoms with Gasteiger partial charge in [-0.3, -0.25) is 4.79 Å². The largest absolute Gasteiger partial charge is 0.493 e. The van der Waals surface area contributed by atoms with E-state index in [9.17, 15) is 4.79 Å². The molecule has 5 nitrogen and oxygen atoms in total. The van der Waals surface area contributed by atoms with Gasteiger partial charge in [0.05, 0.1) is 25.3 Å². The van der Waals surface area contributed by atoms with Gasteiger partial charge in [0.2, 0.25) is 0 Å². The second-order valence-corrected chi connectivity index (χ2v) is 3.76. The third-order valence-corrected chi connectivity index (χ3v) is 2.74. The lowest BCUT2D eigenvalue weighted by Crippen LogP contribution is -2.21. The Hall–Kier alpha value is -2.04. The molecule has 1 aromatic heterocycles. The molecule has 0 spiro atoms. The van der Waals surface area contributed by atoms with Crippen LogP contribution in [0.4, 0.5) is 0 Å². The molecular weight excluding hydrogens is 220 g/mol. The van der Waals surface area contributed by atoms with Crippen LogP contribution in [0, 0.1) is 6.92 Å². The summed E-state index contributed by atoms with van der Waals surface area (Å²) in [5.74, 6) is 1.19. The maximum absolute atomic E-state index is 11.8. The second kappa shape index (κ2) is 4.08. The van der Waals surface area contributed by atoms with Gasteiger partial charge >= 0.3 is 0 Å². The lowest BCUT2D eigenvalue weighted by atomic mass is 10.2. The van der Waals surface area contributed by atoms with Crippen molar-refractivity contribution in [1.29, 1.82) is 0 Å². The number of benzene rings is 1. The van der Waals surface area contributed by atoms with E-state index >= 15 is 0 Å². The highest BCUT2D eigenvalue weighted by Crippen LogP contribution is 2.30. The Balaban J connectivity index is 2.88. The van der Waals surface area contributed by atoms with E-state index in [4.69, 9.17) is 9.47 Å². The number of methoxy groups -OCH3 is 2. The molecule has 17 heavy (non-hydrogen) atoms. The van der Waals surface area contributed by atoms with Crippen LogP contribution in [0.5, 0.6) is 11.5 Å². The van der Waals surface area contributed by atoms with Crippen LogP contribution in [0.15, 0.2) is 16.9 Å². The third-order valence-electron chi connectivity index (χ3n) is 2.74. The highest BCUT2D eigenvalue weighted by molar-refractivity contribution is 5.79. The maximum atomic E-state index is 11.8. The molecule has 2 aromatic rings. The van der Waals surface area contributed by atoms with Crippen molar-refractivity contribution in [3.63, 3.8) is 0 Å². The second-order valence-electron chi connectivity index (χ2n) is 3.76. The van der Waals surface area contributed by atoms with Gasteiger partial charge in [0.25, 0.3) is 5.56 Å². The highest BCUT2D eigenvalue weighted by atomic mass is 16.5. The Morgan fingerprint density at radius 1 is 1.18 bits per heavy atom. The number of aromatic nitrogens is 2. The number of fused-ring (bicyclic) bond motifs is 1. The first kappa shape index (κ1) is 11.4. The minimum Gasteiger partial charge on any atom is -0.493 e. The molecular formula is C12H14N2O3. The van der Waals surface area contributed by atoms with E-state index < -0.39 is 0 Å². The monoisotopic (exact) mass is 234 g/mol. The fourth-order valence-corrected chi connectivity index (χ4v) is 1.80. The Morgan fingerprint density at radius 3 is 2.35 bits per heavy atom. The summed E-state index contributed by atoms with van der Waals surface area (Å²) in [4.78, 5) is 16.0. The predicted molar refractivity (Wildman–Crippen MR) is 64.8 cm³/mol. The van der Waals surface area contributed by atoms with Gasteiger partial charge in [0, 0.05) is 19.2 Å². The molecule has 2 rings (SSSR count). The Bertz CT molecular complexity index is 632. The number of hydrogen-bond donors (Lipinski definition) is 0. The van der Waals surface area contributed by atoms with Crippen LogP contribution in [0.3, 0.4) is 0 Å². The van der Waals surface area contributed by atoms with Crippen molar-refractivity contribution < 1.29 is 9.47 Å². The number of ether oxygens (including phenoxy) is 2. The van der Waals surface area contributed by atoms with Crippen molar-refractivity contribution in [2.75, 3.05) is 14.2 Å². The molecule has 0 aliphatic heterocycles. The number of aryl methyl sites for hydroxylation is 2. The topological polar surface area (TPSA) is 53.3 Å². The number of rotatable bonds is 2. The van der Waals surface area contributed by atoms with Crippen LogP contribution >= 0.6 is 0 Å². The molecule has 0 aliphatic rings. The minimum atomic E-state index is -0.107. The summed E-state index contributed by atoms with van der Waals surface area (Å²) >= 11 is 0. The lowest BCUT2D eigenvalue weighted by molar-refractivity contribution is 0.355. The summed E-state index contributed by atoms with van der Waals surface area (Å²) < 4.78 is 12.0. The molecule has 1 aromatic carbocycles. The maximum Gasteiger partial charge on any atom is 0.272 e. The van der Waals surface area contributed by atoms with Gasteiger partial charge in [-0.05, 0) is 6.92 Å². The molecule has 0 fully saturated rings. The molecule has 90 valence electrons. The van der Waals surface area contributed by atoms with Gasteiger partial charge in [-0.15, -0.1) is 0 Å². The van der Waals surface area contributed by atoms with Crippen LogP contribution in [0.1, 0.15) is 5.69 Å². The SMILES string of the molecule is COc1cc2nc(C)c(=O)n(C)c2cc1OC. The first-order valence-corrected chi connectivity index (χ1v) is 5.18. The van der Waals surface area contributed by atoms with Gasteiger partial charge in [-0.25, -0.2) is 4.98 Å². The summed E-state index contributed by atoms with van der Waals surface area (Å²) in [6.45, 7) is 1.69. The number of hydrogen-bond acceptors (Lipinski definition) is 4. The van der Waals surface area contributed by atoms with Crippen LogP contribution in [-0.2, 0) is 7.05 Å². The molecule has 0 saturated carbocycles. The summed E-state index contributed by atoms with van der Waals surface area (Å²) in [5.41, 5.74) is 1.79. The molecule has 0 aliphatic carbocycles. The van der Waals surface area contributed by atoms with E-state index in [-0.39, 0.29) is 5.56 Å². The Kier molecular flexibility index (Phi) is 2.75. The van der Waals surface area contributed by atoms with Crippen LogP contribution in [0.2, 0.25) is 0 Å². The van der Waals surface area contributed by atoms with Crippen LogP contribution in [-0.4, -0.2) is 23.8 Å². The minimum absolute atomic E-state index is 0.107. The predicted octanol–water partition coefficient (Wildman–Crippen LogP) is 1.26. The number of nitrogens with zero attached hydrogens (tertiary/aromatic N) is 2. The average molecular weight is 234 g/mol. The highest BCUT2D eigenvalue weighted by Gasteiger charge is 2.10. The van der Waals surface area contributed by atoms with Gasteiger partial charge in [-0.1, -0.05) is 0 Å². The van der Waals surface area contributed by atoms with Crippen molar-refractivity contribution in [2.24, 2.45) is 7.05 Å². The van der Waals surface area contributed by atoms with Crippen molar-refractivity contribution in [3.05, 3.63) is 28.2 Å². The molecule has 0 radical (unpaired) electrons. The zero-order valence-corrected chi connectivity index (χ0v) is 10.3. The summed E-state index contributed by atoms with van der Waals surface area (Å²) in [5, 5.41) is 0. The molecule has 1 heterocycles. The molecule has 5 heteroatoms. The van der Waals surface area contributed by atoms with Crippen molar-refractivity contribution in [1.82, 2.24) is 9.55 Å². The molecule has 0 unspecified atom stereocenters. The van der Waals surface area contributed by atoms with Gasteiger partial charge in [0.15, 0.2) is 11.5 Å². The lowest BCUT2D eigenvalue weighted by Gasteiger charge is -2.11. The molecule has 0 atom stereocenters. The molecule has 0 bridgehead atoms. The van der Waals surface area contributed by atoms with Crippen LogP contribution < -0.4 is 15.0 Å². The normalized spacial score (nSPS) is 10.6. The summed E-state index contributed by atoms with van der Waals surface area (Å²) in [6.07, 6.45) is 0. The standard InChI is InChI=1S/C12H14N2O3/c1-7-12(15)14(2)9-6-11(17-4)10(16-3)5-8(9)13-7/h5-6H,1-4H3. The van der Waals surface area contributed by atoms with Crippen LogP contribution in [0.25, 0.3) is 11.0 Å². The molecule has 0 N–H and O–H groups in total. The van der Waals surface area contributed by atoms with E-state index in [0.717, 1.165) is 5.52 Å². The average Bonchev–Trinajstić information content (AvgIpc) is 2.34. The molecule has 0 amide bonds. The first-order valence-electron chi connectivity index (χ1n) is 5.18. The van der Waals surface area contributed by atoms with Crippen molar-refractivity contribution in [2.45, 2.75) is 6.92 Å². The van der Waals surface area contributed by atoms with Crippen molar-refractivity contribution in [3.8, 4) is 11.5 Å². The first-order chi connectivity index (χ1) is 8.08. The van der Waals surface area contributed by atoms with E-state index in [1.807, 2.05) is 0 Å². The zero-order chi connectivity index (χ0) is 12.6. The van der Waals surface area contributed by atoms with Gasteiger partial charge < -0.3 is 14.0 Å². The summed E-state index contributed by atoms with van der Waals surface area (Å²) in [7, 11) is 4.84. The van der Waals surface area contributed by atoms with Crippen molar-refractivity contribution >= 4 is 11.0 Å². The Labute approximate surface area is 98.6 Å². The fraction of sp³-hybridized carbons (Fsp3) is 0.333. The fourth-order valence-electron chi connectivity index (χ4n) is 1.80. The summed E-state index contributed by atoms with van der Waals surface area (Å²) in [6, 6.07) is 3.52. The Morgan fingerprint density at radius 2 is 1.76 bits per heavy atom. The van der Waals surface area contributed by atoms with E-state index in [1.165, 1.54) is 0 Å². The molecule has 0 saturated heterocycles. The van der Waals surface area contributed by atoms with E-state index in [2.05, 4.69) is 4.98 Å². The van der Waals surface area contributed by atoms with Gasteiger partial charge in [0.1, 0.15) is 5.69 Å². The smallest absolute Gasteiger partial charge is 0.272 e. The van der Waals surface area contributed by atoms with Gasteiger partial charge in [-0.2, -0.15) is 0 Å². The van der Waals surface area contributed by atoms with E-state index in [0.29, 0.717) is 22.7 Å². The quantitative estimate of drug-likeness (QED) is 0.785.